The third-order valence-corrected chi connectivity index (χ3v) is 5.65. The molecule has 0 aromatic heterocycles. The largest absolute Gasteiger partial charge is 0.497 e. The zero-order valence-electron chi connectivity index (χ0n) is 21.1. The molecule has 0 fully saturated rings. The van der Waals surface area contributed by atoms with Crippen LogP contribution in [0.5, 0.6) is 11.5 Å². The van der Waals surface area contributed by atoms with E-state index < -0.39 is 36.4 Å². The maximum Gasteiger partial charge on any atom is 0.328 e. The second-order valence-electron chi connectivity index (χ2n) is 8.22. The van der Waals surface area contributed by atoms with Gasteiger partial charge in [0.1, 0.15) is 17.5 Å². The van der Waals surface area contributed by atoms with Gasteiger partial charge in [-0.15, -0.1) is 0 Å². The molecular weight excluding hydrogens is 464 g/mol. The molecule has 2 unspecified atom stereocenters. The molecule has 9 nitrogen and oxygen atoms in total. The number of hydrogen-bond donors (Lipinski definition) is 3. The lowest BCUT2D eigenvalue weighted by atomic mass is 10.0. The topological polar surface area (TPSA) is 123 Å². The number of carboxylic acid groups (broad SMARTS) is 1. The smallest absolute Gasteiger partial charge is 0.328 e. The third kappa shape index (κ3) is 9.58. The van der Waals surface area contributed by atoms with E-state index in [4.69, 9.17) is 14.2 Å². The van der Waals surface area contributed by atoms with Crippen LogP contribution < -0.4 is 20.1 Å². The van der Waals surface area contributed by atoms with Gasteiger partial charge in [0.15, 0.2) is 0 Å². The third-order valence-electron chi connectivity index (χ3n) is 5.65. The normalized spacial score (nSPS) is 12.3. The molecule has 0 saturated carbocycles. The van der Waals surface area contributed by atoms with Gasteiger partial charge in [0.25, 0.3) is 0 Å². The monoisotopic (exact) mass is 500 g/mol. The Balaban J connectivity index is 1.96. The number of carbonyl (C=O) groups is 3. The van der Waals surface area contributed by atoms with Crippen LogP contribution in [0.25, 0.3) is 0 Å². The van der Waals surface area contributed by atoms with Gasteiger partial charge in [-0.25, -0.2) is 4.79 Å². The van der Waals surface area contributed by atoms with Gasteiger partial charge in [-0.2, -0.15) is 0 Å². The van der Waals surface area contributed by atoms with Crippen LogP contribution >= 0.6 is 0 Å². The molecule has 2 rings (SSSR count). The summed E-state index contributed by atoms with van der Waals surface area (Å²) in [4.78, 5) is 36.6. The van der Waals surface area contributed by atoms with Gasteiger partial charge in [0, 0.05) is 6.07 Å². The number of aliphatic carboxylic acids is 1. The molecule has 0 bridgehead atoms. The van der Waals surface area contributed by atoms with E-state index in [0.29, 0.717) is 44.6 Å². The summed E-state index contributed by atoms with van der Waals surface area (Å²) in [6.45, 7) is 2.82. The predicted octanol–water partition coefficient (Wildman–Crippen LogP) is 2.75. The summed E-state index contributed by atoms with van der Waals surface area (Å²) >= 11 is 0. The first kappa shape index (κ1) is 28.6. The van der Waals surface area contributed by atoms with Crippen LogP contribution in [0.2, 0.25) is 0 Å². The zero-order valence-corrected chi connectivity index (χ0v) is 21.1. The number of carboxylic acids is 1. The van der Waals surface area contributed by atoms with Crippen molar-refractivity contribution in [3.8, 4) is 11.5 Å². The van der Waals surface area contributed by atoms with E-state index in [0.717, 1.165) is 16.9 Å². The number of aryl methyl sites for hydroxylation is 2. The van der Waals surface area contributed by atoms with Crippen LogP contribution in [-0.2, 0) is 32.0 Å². The first-order valence-corrected chi connectivity index (χ1v) is 12.0. The van der Waals surface area contributed by atoms with Crippen molar-refractivity contribution in [3.05, 3.63) is 59.7 Å². The Hall–Kier alpha value is -3.59. The molecule has 0 saturated heterocycles. The Bertz CT molecular complexity index is 981. The maximum atomic E-state index is 12.9. The Morgan fingerprint density at radius 2 is 1.75 bits per heavy atom. The number of esters is 1. The summed E-state index contributed by atoms with van der Waals surface area (Å²) in [7, 11) is 2.85. The first-order valence-electron chi connectivity index (χ1n) is 12.0. The summed E-state index contributed by atoms with van der Waals surface area (Å²) in [6.07, 6.45) is 1.78. The SMILES string of the molecule is CCOc1cc(OC)ccc1CCCNC(CC(=O)O)C(=O)NC(CCc1ccccc1)C(=O)OC. The number of benzene rings is 2. The predicted molar refractivity (Wildman–Crippen MR) is 135 cm³/mol. The fourth-order valence-electron chi connectivity index (χ4n) is 3.76. The highest BCUT2D eigenvalue weighted by Gasteiger charge is 2.27. The molecule has 0 radical (unpaired) electrons. The van der Waals surface area contributed by atoms with Crippen molar-refractivity contribution >= 4 is 17.8 Å². The van der Waals surface area contributed by atoms with Gasteiger partial charge in [0.05, 0.1) is 33.3 Å². The molecule has 2 aromatic carbocycles. The van der Waals surface area contributed by atoms with Gasteiger partial charge >= 0.3 is 11.9 Å². The molecule has 36 heavy (non-hydrogen) atoms. The minimum atomic E-state index is -1.12. The fourth-order valence-corrected chi connectivity index (χ4v) is 3.76. The number of ether oxygens (including phenoxy) is 3. The van der Waals surface area contributed by atoms with Crippen molar-refractivity contribution in [3.63, 3.8) is 0 Å². The van der Waals surface area contributed by atoms with Crippen LogP contribution in [0.3, 0.4) is 0 Å². The summed E-state index contributed by atoms with van der Waals surface area (Å²) in [6, 6.07) is 13.3. The van der Waals surface area contributed by atoms with Gasteiger partial charge < -0.3 is 30.0 Å². The van der Waals surface area contributed by atoms with E-state index in [9.17, 15) is 19.5 Å². The summed E-state index contributed by atoms with van der Waals surface area (Å²) < 4.78 is 15.8. The van der Waals surface area contributed by atoms with Crippen molar-refractivity contribution in [1.82, 2.24) is 10.6 Å². The summed E-state index contributed by atoms with van der Waals surface area (Å²) in [5.74, 6) is -0.811. The van der Waals surface area contributed by atoms with Crippen LogP contribution in [0, 0.1) is 0 Å². The molecule has 3 N–H and O–H groups in total. The Morgan fingerprint density at radius 1 is 1.00 bits per heavy atom. The molecule has 9 heteroatoms. The van der Waals surface area contributed by atoms with E-state index in [1.165, 1.54) is 7.11 Å². The minimum absolute atomic E-state index is 0.333. The second kappa shape index (κ2) is 15.4. The maximum absolute atomic E-state index is 12.9. The van der Waals surface area contributed by atoms with Crippen molar-refractivity contribution in [2.24, 2.45) is 0 Å². The number of nitrogens with one attached hydrogen (secondary N) is 2. The molecule has 0 aliphatic heterocycles. The van der Waals surface area contributed by atoms with Gasteiger partial charge in [-0.1, -0.05) is 36.4 Å². The Labute approximate surface area is 212 Å². The van der Waals surface area contributed by atoms with E-state index >= 15 is 0 Å². The van der Waals surface area contributed by atoms with Gasteiger partial charge in [-0.3, -0.25) is 9.59 Å². The van der Waals surface area contributed by atoms with Crippen molar-refractivity contribution in [1.29, 1.82) is 0 Å². The van der Waals surface area contributed by atoms with E-state index in [-0.39, 0.29) is 0 Å². The molecule has 0 spiro atoms. The summed E-state index contributed by atoms with van der Waals surface area (Å²) in [5.41, 5.74) is 2.01. The van der Waals surface area contributed by atoms with Crippen LogP contribution in [-0.4, -0.2) is 62.4 Å². The highest BCUT2D eigenvalue weighted by atomic mass is 16.5. The second-order valence-corrected chi connectivity index (χ2v) is 8.22. The van der Waals surface area contributed by atoms with Crippen molar-refractivity contribution < 1.29 is 33.7 Å². The average molecular weight is 501 g/mol. The highest BCUT2D eigenvalue weighted by molar-refractivity contribution is 5.90. The zero-order chi connectivity index (χ0) is 26.3. The number of hydrogen-bond acceptors (Lipinski definition) is 7. The molecule has 196 valence electrons. The lowest BCUT2D eigenvalue weighted by molar-refractivity contribution is -0.145. The molecule has 0 heterocycles. The number of carbonyl (C=O) groups excluding carboxylic acids is 2. The van der Waals surface area contributed by atoms with Crippen molar-refractivity contribution in [2.45, 2.75) is 51.1 Å². The molecule has 0 aliphatic rings. The molecular formula is C27H36N2O7. The van der Waals surface area contributed by atoms with Crippen LogP contribution in [0.1, 0.15) is 37.3 Å². The average Bonchev–Trinajstić information content (AvgIpc) is 2.88. The Kier molecular flexibility index (Phi) is 12.3. The number of amides is 1. The number of rotatable bonds is 16. The minimum Gasteiger partial charge on any atom is -0.497 e. The summed E-state index contributed by atoms with van der Waals surface area (Å²) in [5, 5.41) is 15.0. The Morgan fingerprint density at radius 3 is 2.39 bits per heavy atom. The van der Waals surface area contributed by atoms with E-state index in [2.05, 4.69) is 10.6 Å². The standard InChI is InChI=1S/C27H36N2O7/c1-4-36-24-17-21(34-2)14-13-20(24)11-8-16-28-23(18-25(30)31)26(32)29-22(27(33)35-3)15-12-19-9-6-5-7-10-19/h5-7,9-10,13-14,17,22-23,28H,4,8,11-12,15-16,18H2,1-3H3,(H,29,32)(H,30,31). The van der Waals surface area contributed by atoms with Crippen LogP contribution in [0.4, 0.5) is 0 Å². The molecule has 1 amide bonds. The van der Waals surface area contributed by atoms with Crippen molar-refractivity contribution in [2.75, 3.05) is 27.4 Å². The van der Waals surface area contributed by atoms with Crippen LogP contribution in [0.15, 0.2) is 48.5 Å². The quantitative estimate of drug-likeness (QED) is 0.238. The first-order chi connectivity index (χ1) is 17.4. The van der Waals surface area contributed by atoms with Gasteiger partial charge in [-0.05, 0) is 56.3 Å². The van der Waals surface area contributed by atoms with E-state index in [1.54, 1.807) is 7.11 Å². The van der Waals surface area contributed by atoms with E-state index in [1.807, 2.05) is 55.5 Å². The lowest BCUT2D eigenvalue weighted by Crippen LogP contribution is -2.51. The molecule has 2 atom stereocenters. The highest BCUT2D eigenvalue weighted by Crippen LogP contribution is 2.26. The molecule has 0 aliphatic carbocycles. The lowest BCUT2D eigenvalue weighted by Gasteiger charge is -2.21. The number of methoxy groups -OCH3 is 2. The van der Waals surface area contributed by atoms with Gasteiger partial charge in [0.2, 0.25) is 5.91 Å². The molecule has 2 aromatic rings. The fraction of sp³-hybridized carbons (Fsp3) is 0.444.